The SMILES string of the molecule is NCCCSCc1ncccc1N. The molecule has 0 amide bonds. The largest absolute Gasteiger partial charge is 0.397 e. The van der Waals surface area contributed by atoms with Crippen molar-refractivity contribution in [1.29, 1.82) is 0 Å². The molecule has 0 saturated heterocycles. The maximum absolute atomic E-state index is 5.73. The van der Waals surface area contributed by atoms with E-state index in [1.165, 1.54) is 0 Å². The Morgan fingerprint density at radius 2 is 2.31 bits per heavy atom. The molecule has 3 nitrogen and oxygen atoms in total. The van der Waals surface area contributed by atoms with Crippen LogP contribution in [0.15, 0.2) is 18.3 Å². The van der Waals surface area contributed by atoms with E-state index in [9.17, 15) is 0 Å². The van der Waals surface area contributed by atoms with Gasteiger partial charge in [-0.3, -0.25) is 4.98 Å². The lowest BCUT2D eigenvalue weighted by molar-refractivity contribution is 0.942. The zero-order valence-corrected chi connectivity index (χ0v) is 8.39. The summed E-state index contributed by atoms with van der Waals surface area (Å²) in [6, 6.07) is 3.73. The Morgan fingerprint density at radius 3 is 3.00 bits per heavy atom. The number of nitrogen functional groups attached to an aromatic ring is 1. The van der Waals surface area contributed by atoms with Crippen molar-refractivity contribution < 1.29 is 0 Å². The van der Waals surface area contributed by atoms with Crippen LogP contribution in [0.2, 0.25) is 0 Å². The van der Waals surface area contributed by atoms with Gasteiger partial charge in [0.2, 0.25) is 0 Å². The molecular weight excluding hydrogens is 182 g/mol. The molecule has 0 radical (unpaired) electrons. The summed E-state index contributed by atoms with van der Waals surface area (Å²) >= 11 is 1.82. The number of hydrogen-bond acceptors (Lipinski definition) is 4. The van der Waals surface area contributed by atoms with Crippen LogP contribution in [0.1, 0.15) is 12.1 Å². The molecule has 1 aromatic rings. The molecule has 0 fully saturated rings. The predicted octanol–water partition coefficient (Wildman–Crippen LogP) is 1.25. The van der Waals surface area contributed by atoms with E-state index in [0.29, 0.717) is 0 Å². The summed E-state index contributed by atoms with van der Waals surface area (Å²) in [5, 5.41) is 0. The minimum atomic E-state index is 0.755. The van der Waals surface area contributed by atoms with E-state index >= 15 is 0 Å². The molecule has 1 rings (SSSR count). The van der Waals surface area contributed by atoms with Crippen molar-refractivity contribution in [3.63, 3.8) is 0 Å². The van der Waals surface area contributed by atoms with Gasteiger partial charge in [-0.15, -0.1) is 0 Å². The molecule has 0 unspecified atom stereocenters. The topological polar surface area (TPSA) is 64.9 Å². The number of rotatable bonds is 5. The van der Waals surface area contributed by atoms with Gasteiger partial charge < -0.3 is 11.5 Å². The Balaban J connectivity index is 2.32. The van der Waals surface area contributed by atoms with Crippen LogP contribution in [0.25, 0.3) is 0 Å². The molecule has 1 aromatic heterocycles. The standard InChI is InChI=1S/C9H15N3S/c10-4-2-6-13-7-9-8(11)3-1-5-12-9/h1,3,5H,2,4,6-7,10-11H2. The summed E-state index contributed by atoms with van der Waals surface area (Å²) in [5.74, 6) is 1.96. The first kappa shape index (κ1) is 10.3. The average molecular weight is 197 g/mol. The van der Waals surface area contributed by atoms with Crippen LogP contribution in [0.3, 0.4) is 0 Å². The lowest BCUT2D eigenvalue weighted by Crippen LogP contribution is -2.00. The first-order valence-electron chi connectivity index (χ1n) is 4.31. The van der Waals surface area contributed by atoms with Crippen LogP contribution in [-0.4, -0.2) is 17.3 Å². The Labute approximate surface area is 82.9 Å². The average Bonchev–Trinajstić information content (AvgIpc) is 2.15. The van der Waals surface area contributed by atoms with Crippen molar-refractivity contribution in [2.75, 3.05) is 18.0 Å². The van der Waals surface area contributed by atoms with Gasteiger partial charge in [0, 0.05) is 11.9 Å². The van der Waals surface area contributed by atoms with Gasteiger partial charge in [0.05, 0.1) is 11.4 Å². The molecule has 4 heteroatoms. The second-order valence-electron chi connectivity index (χ2n) is 2.73. The first-order chi connectivity index (χ1) is 6.34. The van der Waals surface area contributed by atoms with Gasteiger partial charge in [0.1, 0.15) is 0 Å². The number of aromatic nitrogens is 1. The third-order valence-corrected chi connectivity index (χ3v) is 2.71. The van der Waals surface area contributed by atoms with Crippen LogP contribution in [0.4, 0.5) is 5.69 Å². The predicted molar refractivity (Wildman–Crippen MR) is 58.5 cm³/mol. The summed E-state index contributed by atoms with van der Waals surface area (Å²) in [7, 11) is 0. The Hall–Kier alpha value is -0.740. The van der Waals surface area contributed by atoms with Gasteiger partial charge in [0.15, 0.2) is 0 Å². The maximum Gasteiger partial charge on any atom is 0.0731 e. The van der Waals surface area contributed by atoms with Crippen molar-refractivity contribution in [1.82, 2.24) is 4.98 Å². The smallest absolute Gasteiger partial charge is 0.0731 e. The Bertz CT molecular complexity index is 252. The highest BCUT2D eigenvalue weighted by molar-refractivity contribution is 7.98. The van der Waals surface area contributed by atoms with Crippen LogP contribution < -0.4 is 11.5 Å². The molecule has 0 spiro atoms. The molecule has 0 aromatic carbocycles. The fraction of sp³-hybridized carbons (Fsp3) is 0.444. The van der Waals surface area contributed by atoms with Crippen LogP contribution in [-0.2, 0) is 5.75 Å². The second-order valence-corrected chi connectivity index (χ2v) is 3.84. The zero-order chi connectivity index (χ0) is 9.52. The van der Waals surface area contributed by atoms with Crippen molar-refractivity contribution in [3.8, 4) is 0 Å². The van der Waals surface area contributed by atoms with E-state index in [2.05, 4.69) is 4.98 Å². The third-order valence-electron chi connectivity index (χ3n) is 1.66. The number of nitrogens with two attached hydrogens (primary N) is 2. The summed E-state index contributed by atoms with van der Waals surface area (Å²) in [4.78, 5) is 4.20. The van der Waals surface area contributed by atoms with E-state index in [4.69, 9.17) is 11.5 Å². The lowest BCUT2D eigenvalue weighted by Gasteiger charge is -2.02. The Kier molecular flexibility index (Phi) is 4.64. The minimum absolute atomic E-state index is 0.755. The van der Waals surface area contributed by atoms with E-state index in [1.807, 2.05) is 23.9 Å². The molecule has 0 aliphatic carbocycles. The molecule has 0 aliphatic rings. The molecule has 13 heavy (non-hydrogen) atoms. The molecule has 0 atom stereocenters. The summed E-state index contributed by atoms with van der Waals surface area (Å²) in [5.41, 5.74) is 12.9. The van der Waals surface area contributed by atoms with Gasteiger partial charge in [0.25, 0.3) is 0 Å². The number of nitrogens with zero attached hydrogens (tertiary/aromatic N) is 1. The fourth-order valence-electron chi connectivity index (χ4n) is 0.925. The molecule has 1 heterocycles. The molecular formula is C9H15N3S. The minimum Gasteiger partial charge on any atom is -0.397 e. The van der Waals surface area contributed by atoms with Crippen molar-refractivity contribution in [2.45, 2.75) is 12.2 Å². The molecule has 4 N–H and O–H groups in total. The van der Waals surface area contributed by atoms with E-state index in [-0.39, 0.29) is 0 Å². The summed E-state index contributed by atoms with van der Waals surface area (Å²) < 4.78 is 0. The van der Waals surface area contributed by atoms with Gasteiger partial charge in [-0.2, -0.15) is 11.8 Å². The highest BCUT2D eigenvalue weighted by Gasteiger charge is 1.98. The highest BCUT2D eigenvalue weighted by Crippen LogP contribution is 2.15. The summed E-state index contributed by atoms with van der Waals surface area (Å²) in [6.07, 6.45) is 2.83. The van der Waals surface area contributed by atoms with Gasteiger partial charge in [-0.25, -0.2) is 0 Å². The molecule has 0 saturated carbocycles. The van der Waals surface area contributed by atoms with E-state index in [1.54, 1.807) is 6.20 Å². The molecule has 72 valence electrons. The Morgan fingerprint density at radius 1 is 1.46 bits per heavy atom. The molecule has 0 bridgehead atoms. The fourth-order valence-corrected chi connectivity index (χ4v) is 1.87. The molecule has 0 aliphatic heterocycles. The third kappa shape index (κ3) is 3.65. The van der Waals surface area contributed by atoms with Gasteiger partial charge >= 0.3 is 0 Å². The quantitative estimate of drug-likeness (QED) is 0.697. The van der Waals surface area contributed by atoms with Gasteiger partial charge in [-0.05, 0) is 30.9 Å². The van der Waals surface area contributed by atoms with Crippen molar-refractivity contribution in [2.24, 2.45) is 5.73 Å². The number of thioether (sulfide) groups is 1. The van der Waals surface area contributed by atoms with Gasteiger partial charge in [-0.1, -0.05) is 0 Å². The van der Waals surface area contributed by atoms with E-state index in [0.717, 1.165) is 35.9 Å². The second kappa shape index (κ2) is 5.83. The number of pyridine rings is 1. The van der Waals surface area contributed by atoms with E-state index < -0.39 is 0 Å². The lowest BCUT2D eigenvalue weighted by atomic mass is 10.3. The zero-order valence-electron chi connectivity index (χ0n) is 7.57. The first-order valence-corrected chi connectivity index (χ1v) is 5.47. The number of anilines is 1. The maximum atomic E-state index is 5.73. The highest BCUT2D eigenvalue weighted by atomic mass is 32.2. The summed E-state index contributed by atoms with van der Waals surface area (Å²) in [6.45, 7) is 0.755. The van der Waals surface area contributed by atoms with Crippen LogP contribution in [0, 0.1) is 0 Å². The van der Waals surface area contributed by atoms with Crippen LogP contribution >= 0.6 is 11.8 Å². The van der Waals surface area contributed by atoms with Crippen molar-refractivity contribution in [3.05, 3.63) is 24.0 Å². The van der Waals surface area contributed by atoms with Crippen molar-refractivity contribution >= 4 is 17.4 Å². The normalized spacial score (nSPS) is 10.2. The number of hydrogen-bond donors (Lipinski definition) is 2. The van der Waals surface area contributed by atoms with Crippen LogP contribution in [0.5, 0.6) is 0 Å². The monoisotopic (exact) mass is 197 g/mol.